The van der Waals surface area contributed by atoms with Crippen molar-refractivity contribution < 1.29 is 18.3 Å². The second kappa shape index (κ2) is 8.93. The first-order valence-electron chi connectivity index (χ1n) is 11.5. The van der Waals surface area contributed by atoms with Gasteiger partial charge >= 0.3 is 0 Å². The van der Waals surface area contributed by atoms with Crippen molar-refractivity contribution in [1.29, 1.82) is 0 Å². The lowest BCUT2D eigenvalue weighted by molar-refractivity contribution is -0.116. The summed E-state index contributed by atoms with van der Waals surface area (Å²) in [4.78, 5) is 13.5. The van der Waals surface area contributed by atoms with Gasteiger partial charge in [-0.3, -0.25) is 4.79 Å². The van der Waals surface area contributed by atoms with Crippen LogP contribution in [0.5, 0.6) is 5.75 Å². The summed E-state index contributed by atoms with van der Waals surface area (Å²) in [6.45, 7) is 3.95. The predicted octanol–water partition coefficient (Wildman–Crippen LogP) is 6.73. The summed E-state index contributed by atoms with van der Waals surface area (Å²) in [7, 11) is 0. The zero-order valence-corrected chi connectivity index (χ0v) is 19.1. The molecule has 0 spiro atoms. The molecule has 0 bridgehead atoms. The van der Waals surface area contributed by atoms with E-state index in [2.05, 4.69) is 10.6 Å². The summed E-state index contributed by atoms with van der Waals surface area (Å²) >= 11 is 0. The number of hydrogen-bond donors (Lipinski definition) is 2. The van der Waals surface area contributed by atoms with E-state index in [-0.39, 0.29) is 29.8 Å². The number of rotatable bonds is 4. The molecule has 6 heteroatoms. The van der Waals surface area contributed by atoms with Crippen molar-refractivity contribution in [2.75, 3.05) is 10.6 Å². The third kappa shape index (κ3) is 4.28. The number of benzene rings is 3. The van der Waals surface area contributed by atoms with Crippen molar-refractivity contribution in [2.45, 2.75) is 44.8 Å². The second-order valence-corrected chi connectivity index (χ2v) is 9.07. The van der Waals surface area contributed by atoms with Crippen molar-refractivity contribution in [3.05, 3.63) is 101 Å². The molecule has 1 heterocycles. The fourth-order valence-electron chi connectivity index (χ4n) is 4.79. The lowest BCUT2D eigenvalue weighted by atomic mass is 9.78. The molecule has 174 valence electrons. The topological polar surface area (TPSA) is 50.4 Å². The van der Waals surface area contributed by atoms with Gasteiger partial charge in [0.2, 0.25) is 0 Å². The number of ether oxygens (including phenoxy) is 1. The van der Waals surface area contributed by atoms with E-state index in [1.807, 2.05) is 62.4 Å². The van der Waals surface area contributed by atoms with Crippen LogP contribution in [0.15, 0.2) is 78.0 Å². The van der Waals surface area contributed by atoms with E-state index in [9.17, 15) is 13.6 Å². The number of para-hydroxylation sites is 2. The number of halogens is 2. The van der Waals surface area contributed by atoms with Crippen molar-refractivity contribution in [3.8, 4) is 5.75 Å². The minimum absolute atomic E-state index is 0.0323. The number of ketones is 1. The van der Waals surface area contributed by atoms with E-state index in [1.54, 1.807) is 0 Å². The number of Topliss-reactive ketones (excluding diaryl/α,β-unsaturated/α-hetero) is 1. The van der Waals surface area contributed by atoms with Crippen LogP contribution in [0.3, 0.4) is 0 Å². The van der Waals surface area contributed by atoms with E-state index in [0.29, 0.717) is 12.0 Å². The minimum atomic E-state index is -0.794. The summed E-state index contributed by atoms with van der Waals surface area (Å²) in [5, 5.41) is 6.71. The summed E-state index contributed by atoms with van der Waals surface area (Å²) in [6, 6.07) is 17.9. The molecule has 34 heavy (non-hydrogen) atoms. The monoisotopic (exact) mass is 460 g/mol. The van der Waals surface area contributed by atoms with E-state index in [1.165, 1.54) is 6.07 Å². The number of carbonyl (C=O) groups is 1. The van der Waals surface area contributed by atoms with E-state index >= 15 is 0 Å². The highest BCUT2D eigenvalue weighted by Crippen LogP contribution is 2.44. The van der Waals surface area contributed by atoms with Crippen LogP contribution in [-0.4, -0.2) is 11.9 Å². The summed E-state index contributed by atoms with van der Waals surface area (Å²) < 4.78 is 34.7. The Bertz CT molecular complexity index is 1270. The highest BCUT2D eigenvalue weighted by atomic mass is 19.1. The molecule has 1 aliphatic carbocycles. The molecule has 2 atom stereocenters. The Balaban J connectivity index is 1.55. The van der Waals surface area contributed by atoms with E-state index in [0.717, 1.165) is 40.5 Å². The zero-order valence-electron chi connectivity index (χ0n) is 19.1. The normalized spacial score (nSPS) is 19.6. The molecule has 4 nitrogen and oxygen atoms in total. The summed E-state index contributed by atoms with van der Waals surface area (Å²) in [5.74, 6) is -0.435. The largest absolute Gasteiger partial charge is 0.491 e. The number of nitrogens with one attached hydrogen (secondary N) is 2. The van der Waals surface area contributed by atoms with Gasteiger partial charge in [0.05, 0.1) is 23.5 Å². The molecule has 2 unspecified atom stereocenters. The smallest absolute Gasteiger partial charge is 0.163 e. The third-order valence-electron chi connectivity index (χ3n) is 6.30. The maximum absolute atomic E-state index is 14.8. The van der Waals surface area contributed by atoms with Crippen LogP contribution in [0.2, 0.25) is 0 Å². The van der Waals surface area contributed by atoms with Gasteiger partial charge in [-0.1, -0.05) is 24.3 Å². The average Bonchev–Trinajstić information content (AvgIpc) is 2.97. The van der Waals surface area contributed by atoms with Gasteiger partial charge in [-0.25, -0.2) is 8.78 Å². The summed E-state index contributed by atoms with van der Waals surface area (Å²) in [6.07, 6.45) is 0.948. The Morgan fingerprint density at radius 1 is 0.941 bits per heavy atom. The molecule has 3 aromatic carbocycles. The first-order valence-corrected chi connectivity index (χ1v) is 11.5. The molecule has 3 aromatic rings. The Kier molecular flexibility index (Phi) is 5.82. The van der Waals surface area contributed by atoms with E-state index in [4.69, 9.17) is 4.74 Å². The summed E-state index contributed by atoms with van der Waals surface area (Å²) in [5.41, 5.74) is 3.87. The van der Waals surface area contributed by atoms with Crippen LogP contribution in [0.4, 0.5) is 20.2 Å². The molecule has 0 saturated heterocycles. The van der Waals surface area contributed by atoms with Gasteiger partial charge in [-0.15, -0.1) is 0 Å². The second-order valence-electron chi connectivity index (χ2n) is 9.07. The van der Waals surface area contributed by atoms with Gasteiger partial charge < -0.3 is 15.4 Å². The van der Waals surface area contributed by atoms with Gasteiger partial charge in [0, 0.05) is 23.3 Å². The molecule has 2 aliphatic rings. The Hall–Kier alpha value is -3.67. The first kappa shape index (κ1) is 22.1. The van der Waals surface area contributed by atoms with Gasteiger partial charge in [0.1, 0.15) is 17.4 Å². The van der Waals surface area contributed by atoms with Crippen LogP contribution in [0.1, 0.15) is 49.8 Å². The maximum atomic E-state index is 14.8. The molecule has 1 aliphatic heterocycles. The highest BCUT2D eigenvalue weighted by molar-refractivity contribution is 6.01. The number of fused-ring (bicyclic) bond motifs is 1. The molecule has 0 fully saturated rings. The van der Waals surface area contributed by atoms with E-state index < -0.39 is 17.7 Å². The number of anilines is 2. The Morgan fingerprint density at radius 2 is 1.68 bits per heavy atom. The molecule has 2 N–H and O–H groups in total. The quantitative estimate of drug-likeness (QED) is 0.453. The Morgan fingerprint density at radius 3 is 2.41 bits per heavy atom. The van der Waals surface area contributed by atoms with Crippen molar-refractivity contribution in [2.24, 2.45) is 0 Å². The zero-order chi connectivity index (χ0) is 23.8. The molecular weight excluding hydrogens is 434 g/mol. The number of carbonyl (C=O) groups excluding carboxylic acids is 1. The molecule has 0 amide bonds. The molecular formula is C28H26F2N2O2. The predicted molar refractivity (Wildman–Crippen MR) is 129 cm³/mol. The molecule has 0 saturated carbocycles. The Labute approximate surface area is 197 Å². The SMILES string of the molecule is CC(C)Oc1ccc(C2CC(=O)C3=C(C2)Nc2ccccc2NC3c2cc(F)ccc2F)cc1. The lowest BCUT2D eigenvalue weighted by Crippen LogP contribution is -2.27. The number of allylic oxidation sites excluding steroid dienone is 1. The van der Waals surface area contributed by atoms with Crippen molar-refractivity contribution in [3.63, 3.8) is 0 Å². The minimum Gasteiger partial charge on any atom is -0.491 e. The van der Waals surface area contributed by atoms with Crippen LogP contribution in [-0.2, 0) is 4.79 Å². The molecule has 0 radical (unpaired) electrons. The van der Waals surface area contributed by atoms with Gasteiger partial charge in [0.15, 0.2) is 5.78 Å². The average molecular weight is 461 g/mol. The third-order valence-corrected chi connectivity index (χ3v) is 6.30. The highest BCUT2D eigenvalue weighted by Gasteiger charge is 2.37. The fourth-order valence-corrected chi connectivity index (χ4v) is 4.79. The first-order chi connectivity index (χ1) is 16.4. The maximum Gasteiger partial charge on any atom is 0.163 e. The fraction of sp³-hybridized carbons (Fsp3) is 0.250. The van der Waals surface area contributed by atoms with Crippen LogP contribution in [0, 0.1) is 11.6 Å². The van der Waals surface area contributed by atoms with Crippen LogP contribution >= 0.6 is 0 Å². The lowest BCUT2D eigenvalue weighted by Gasteiger charge is -2.30. The number of hydrogen-bond acceptors (Lipinski definition) is 4. The van der Waals surface area contributed by atoms with Gasteiger partial charge in [-0.2, -0.15) is 0 Å². The molecule has 0 aromatic heterocycles. The van der Waals surface area contributed by atoms with Gasteiger partial charge in [-0.05, 0) is 74.2 Å². The van der Waals surface area contributed by atoms with Crippen LogP contribution in [0.25, 0.3) is 0 Å². The van der Waals surface area contributed by atoms with Crippen molar-refractivity contribution in [1.82, 2.24) is 0 Å². The van der Waals surface area contributed by atoms with Gasteiger partial charge in [0.25, 0.3) is 0 Å². The standard InChI is InChI=1S/C28H26F2N2O2/c1-16(2)34-20-10-7-17(8-11-20)18-13-25-27(26(33)14-18)28(21-15-19(29)9-12-22(21)30)32-24-6-4-3-5-23(24)31-25/h3-12,15-16,18,28,31-32H,13-14H2,1-2H3. The van der Waals surface area contributed by atoms with Crippen molar-refractivity contribution >= 4 is 17.2 Å². The molecule has 5 rings (SSSR count). The van der Waals surface area contributed by atoms with Crippen LogP contribution < -0.4 is 15.4 Å².